The molecule has 4 heavy (non-hydrogen) atoms. The van der Waals surface area contributed by atoms with Crippen molar-refractivity contribution in [3.05, 3.63) is 0 Å². The van der Waals surface area contributed by atoms with E-state index in [0.717, 1.165) is 0 Å². The fraction of sp³-hybridized carbons (Fsp3) is 0. The van der Waals surface area contributed by atoms with Gasteiger partial charge < -0.3 is 0 Å². The van der Waals surface area contributed by atoms with Gasteiger partial charge in [-0.15, -0.1) is 48.0 Å². The van der Waals surface area contributed by atoms with E-state index >= 15 is 0 Å². The van der Waals surface area contributed by atoms with Crippen LogP contribution in [0.2, 0.25) is 0 Å². The first-order chi connectivity index (χ1) is 0. The van der Waals surface area contributed by atoms with Crippen LogP contribution in [0.3, 0.4) is 0 Å². The van der Waals surface area contributed by atoms with Crippen molar-refractivity contribution in [1.29, 1.82) is 0 Å². The quantitative estimate of drug-likeness (QED) is 0.390. The second kappa shape index (κ2) is 15.7. The van der Waals surface area contributed by atoms with Gasteiger partial charge in [0.05, 0.1) is 0 Å². The summed E-state index contributed by atoms with van der Waals surface area (Å²) in [7, 11) is 0. The third-order valence-electron chi connectivity index (χ3n) is 0. The summed E-state index contributed by atoms with van der Waals surface area (Å²) in [6, 6.07) is 0. The molecule has 0 heterocycles. The minimum atomic E-state index is 0. The van der Waals surface area contributed by atoms with Crippen LogP contribution in [-0.4, -0.2) is 0 Å². The SMILES string of the molecule is I.I.[Dy].[Nd]. The van der Waals surface area contributed by atoms with E-state index in [-0.39, 0.29) is 127 Å². The van der Waals surface area contributed by atoms with Gasteiger partial charge in [-0.2, -0.15) is 0 Å². The van der Waals surface area contributed by atoms with E-state index in [1.165, 1.54) is 0 Å². The van der Waals surface area contributed by atoms with Crippen LogP contribution >= 0.6 is 48.0 Å². The van der Waals surface area contributed by atoms with Crippen molar-refractivity contribution in [1.82, 2.24) is 0 Å². The molecule has 0 N–H and O–H groups in total. The van der Waals surface area contributed by atoms with Crippen molar-refractivity contribution < 1.29 is 79.0 Å². The van der Waals surface area contributed by atoms with Crippen LogP contribution in [-0.2, 0) is 0 Å². The Bertz CT molecular complexity index is 6.00. The standard InChI is InChI=1S/Dy.2HI.Nd/h;2*1H;. The summed E-state index contributed by atoms with van der Waals surface area (Å²) < 4.78 is 0. The largest absolute Gasteiger partial charge is 0.107 e. The van der Waals surface area contributed by atoms with Crippen LogP contribution in [0.4, 0.5) is 0 Å². The Morgan fingerprint density at radius 1 is 0.750 bits per heavy atom. The summed E-state index contributed by atoms with van der Waals surface area (Å²) >= 11 is 0. The third-order valence-corrected chi connectivity index (χ3v) is 0. The zero-order valence-electron chi connectivity index (χ0n) is 1.63. The molecule has 0 aromatic rings. The zero-order chi connectivity index (χ0) is 0. The molecule has 0 saturated carbocycles. The second-order valence-electron chi connectivity index (χ2n) is 0. The minimum absolute atomic E-state index is 0. The predicted molar refractivity (Wildman–Crippen MR) is 30.8 cm³/mol. The monoisotopic (exact) mass is 562 g/mol. The molecule has 0 rings (SSSR count). The molecular formula is H2DyI2Nd. The van der Waals surface area contributed by atoms with E-state index in [1.54, 1.807) is 0 Å². The van der Waals surface area contributed by atoms with Crippen LogP contribution in [0.25, 0.3) is 0 Å². The fourth-order valence-electron chi connectivity index (χ4n) is 0. The van der Waals surface area contributed by atoms with Crippen molar-refractivity contribution in [2.24, 2.45) is 0 Å². The smallest absolute Gasteiger partial charge is 0 e. The maximum Gasteiger partial charge on any atom is 0 e. The maximum absolute atomic E-state index is 0. The van der Waals surface area contributed by atoms with E-state index in [1.807, 2.05) is 0 Å². The molecule has 0 aromatic heterocycles. The Balaban J connectivity index is 0. The molecule has 0 spiro atoms. The first-order valence-electron chi connectivity index (χ1n) is 0. The molecule has 0 unspecified atom stereocenters. The van der Waals surface area contributed by atoms with Crippen molar-refractivity contribution in [2.75, 3.05) is 0 Å². The van der Waals surface area contributed by atoms with Gasteiger partial charge in [0.25, 0.3) is 0 Å². The fourth-order valence-corrected chi connectivity index (χ4v) is 0. The van der Waals surface area contributed by atoms with Gasteiger partial charge >= 0.3 is 0 Å². The van der Waals surface area contributed by atoms with Gasteiger partial charge in [0.15, 0.2) is 0 Å². The molecule has 0 aromatic carbocycles. The van der Waals surface area contributed by atoms with Crippen LogP contribution < -0.4 is 0 Å². The predicted octanol–water partition coefficient (Wildman–Crippen LogP) is 1.24. The molecular weight excluding hydrogens is 561 g/mol. The van der Waals surface area contributed by atoms with Gasteiger partial charge in [0.1, 0.15) is 0 Å². The topological polar surface area (TPSA) is 0 Å². The Hall–Kier alpha value is 4.08. The summed E-state index contributed by atoms with van der Waals surface area (Å²) in [5.74, 6) is 0. The van der Waals surface area contributed by atoms with Gasteiger partial charge in [0.2, 0.25) is 0 Å². The van der Waals surface area contributed by atoms with Gasteiger partial charge in [-0.1, -0.05) is 0 Å². The van der Waals surface area contributed by atoms with Crippen molar-refractivity contribution >= 4 is 48.0 Å². The molecule has 0 radical (unpaired) electrons. The zero-order valence-corrected chi connectivity index (χ0v) is 11.5. The molecule has 4 heteroatoms. The molecule has 0 bridgehead atoms. The van der Waals surface area contributed by atoms with E-state index in [9.17, 15) is 0 Å². The van der Waals surface area contributed by atoms with Gasteiger partial charge in [-0.3, -0.25) is 0 Å². The summed E-state index contributed by atoms with van der Waals surface area (Å²) in [6.07, 6.45) is 0. The summed E-state index contributed by atoms with van der Waals surface area (Å²) in [5.41, 5.74) is 0. The summed E-state index contributed by atoms with van der Waals surface area (Å²) in [6.45, 7) is 0. The summed E-state index contributed by atoms with van der Waals surface area (Å²) in [5, 5.41) is 0. The second-order valence-corrected chi connectivity index (χ2v) is 0. The molecule has 0 aliphatic heterocycles. The Morgan fingerprint density at radius 2 is 0.750 bits per heavy atom. The molecule has 0 saturated heterocycles. The number of hydrogen-bond acceptors (Lipinski definition) is 0. The Kier molecular flexibility index (Phi) is 95.6. The van der Waals surface area contributed by atoms with Crippen molar-refractivity contribution in [3.63, 3.8) is 0 Å². The first kappa shape index (κ1) is 24.3. The van der Waals surface area contributed by atoms with Crippen LogP contribution in [0.1, 0.15) is 0 Å². The van der Waals surface area contributed by atoms with Gasteiger partial charge in [-0.05, 0) is 0 Å². The van der Waals surface area contributed by atoms with Gasteiger partial charge in [0, 0.05) is 79.0 Å². The first-order valence-corrected chi connectivity index (χ1v) is 0. The molecule has 0 aliphatic rings. The summed E-state index contributed by atoms with van der Waals surface area (Å²) in [4.78, 5) is 0. The van der Waals surface area contributed by atoms with E-state index < -0.39 is 0 Å². The van der Waals surface area contributed by atoms with E-state index in [2.05, 4.69) is 0 Å². The van der Waals surface area contributed by atoms with Crippen molar-refractivity contribution in [2.45, 2.75) is 0 Å². The number of rotatable bonds is 0. The van der Waals surface area contributed by atoms with E-state index in [4.69, 9.17) is 0 Å². The van der Waals surface area contributed by atoms with Crippen LogP contribution in [0.15, 0.2) is 0 Å². The molecule has 0 amide bonds. The third kappa shape index (κ3) is 9.43. The number of hydrogen-bond donors (Lipinski definition) is 0. The van der Waals surface area contributed by atoms with Crippen LogP contribution in [0, 0.1) is 79.0 Å². The molecule has 0 aliphatic carbocycles. The average Bonchev–Trinajstić information content (AvgIpc) is 0. The molecule has 0 fully saturated rings. The maximum atomic E-state index is 0. The molecule has 0 nitrogen and oxygen atoms in total. The molecule has 30 valence electrons. The molecule has 0 atom stereocenters. The van der Waals surface area contributed by atoms with Gasteiger partial charge in [-0.25, -0.2) is 0 Å². The normalized spacial score (nSPS) is 0. The van der Waals surface area contributed by atoms with Crippen LogP contribution in [0.5, 0.6) is 0 Å². The number of halogens is 2. The Labute approximate surface area is 123 Å². The van der Waals surface area contributed by atoms with Crippen molar-refractivity contribution in [3.8, 4) is 0 Å². The minimum Gasteiger partial charge on any atom is -0.107 e. The average molecular weight is 563 g/mol. The Morgan fingerprint density at radius 3 is 0.750 bits per heavy atom. The van der Waals surface area contributed by atoms with E-state index in [0.29, 0.717) is 0 Å².